The molecule has 0 N–H and O–H groups in total. The Labute approximate surface area is 52.8 Å². The van der Waals surface area contributed by atoms with Crippen molar-refractivity contribution in [2.24, 2.45) is 0 Å². The molecule has 0 aromatic carbocycles. The lowest BCUT2D eigenvalue weighted by Gasteiger charge is -1.87. The first-order chi connectivity index (χ1) is 4.47. The summed E-state index contributed by atoms with van der Waals surface area (Å²) in [4.78, 5) is 4.05. The summed E-state index contributed by atoms with van der Waals surface area (Å²) in [6.07, 6.45) is 5.45. The quantitative estimate of drug-likeness (QED) is 0.505. The second kappa shape index (κ2) is 1.58. The summed E-state index contributed by atoms with van der Waals surface area (Å²) < 4.78 is 1.92. The van der Waals surface area contributed by atoms with Crippen LogP contribution in [0.1, 0.15) is 0 Å². The summed E-state index contributed by atoms with van der Waals surface area (Å²) >= 11 is 0. The average Bonchev–Trinajstić information content (AvgIpc) is 2.33. The van der Waals surface area contributed by atoms with Crippen LogP contribution in [0.3, 0.4) is 0 Å². The third-order valence-corrected chi connectivity index (χ3v) is 1.24. The van der Waals surface area contributed by atoms with E-state index in [-0.39, 0.29) is 0 Å². The van der Waals surface area contributed by atoms with E-state index in [1.165, 1.54) is 0 Å². The van der Waals surface area contributed by atoms with Crippen molar-refractivity contribution in [1.82, 2.24) is 9.38 Å². The van der Waals surface area contributed by atoms with Crippen molar-refractivity contribution >= 4 is 5.65 Å². The van der Waals surface area contributed by atoms with E-state index < -0.39 is 0 Å². The van der Waals surface area contributed by atoms with Crippen molar-refractivity contribution in [1.29, 1.82) is 0 Å². The van der Waals surface area contributed by atoms with E-state index in [4.69, 9.17) is 0 Å². The fourth-order valence-electron chi connectivity index (χ4n) is 0.820. The molecule has 0 atom stereocenters. The third kappa shape index (κ3) is 0.598. The minimum absolute atomic E-state index is 0.966. The second-order valence-corrected chi connectivity index (χ2v) is 1.83. The Kier molecular flexibility index (Phi) is 0.803. The molecule has 1 radical (unpaired) electrons. The van der Waals surface area contributed by atoms with Gasteiger partial charge in [0.15, 0.2) is 0 Å². The molecular weight excluding hydrogens is 112 g/mol. The molecule has 0 bridgehead atoms. The highest BCUT2D eigenvalue weighted by Crippen LogP contribution is 1.96. The molecule has 43 valence electrons. The molecule has 0 saturated heterocycles. The Morgan fingerprint density at radius 1 is 1.56 bits per heavy atom. The van der Waals surface area contributed by atoms with Gasteiger partial charge in [-0.1, -0.05) is 0 Å². The van der Waals surface area contributed by atoms with E-state index in [0.717, 1.165) is 5.65 Å². The molecule has 2 aromatic rings. The van der Waals surface area contributed by atoms with Crippen molar-refractivity contribution in [3.05, 3.63) is 36.8 Å². The van der Waals surface area contributed by atoms with Gasteiger partial charge in [0.25, 0.3) is 0 Å². The van der Waals surface area contributed by atoms with Gasteiger partial charge in [0, 0.05) is 24.7 Å². The Morgan fingerprint density at radius 2 is 2.56 bits per heavy atom. The van der Waals surface area contributed by atoms with Gasteiger partial charge in [-0.2, -0.15) is 0 Å². The molecule has 0 aliphatic rings. The molecule has 0 aliphatic carbocycles. The molecule has 9 heavy (non-hydrogen) atoms. The van der Waals surface area contributed by atoms with Crippen molar-refractivity contribution < 1.29 is 0 Å². The standard InChI is InChI=1S/C7H5N2/c1-3-7-8-4-2-6-9(7)5-1/h1,3-6H. The molecule has 2 nitrogen and oxygen atoms in total. The minimum Gasteiger partial charge on any atom is -0.308 e. The van der Waals surface area contributed by atoms with Crippen LogP contribution >= 0.6 is 0 Å². The monoisotopic (exact) mass is 117 g/mol. The number of rotatable bonds is 0. The highest BCUT2D eigenvalue weighted by molar-refractivity contribution is 5.37. The summed E-state index contributed by atoms with van der Waals surface area (Å²) in [5.74, 6) is 0. The van der Waals surface area contributed by atoms with Gasteiger partial charge in [0.1, 0.15) is 5.65 Å². The summed E-state index contributed by atoms with van der Waals surface area (Å²) in [5.41, 5.74) is 0.966. The largest absolute Gasteiger partial charge is 0.308 e. The second-order valence-electron chi connectivity index (χ2n) is 1.83. The van der Waals surface area contributed by atoms with E-state index in [2.05, 4.69) is 11.1 Å². The van der Waals surface area contributed by atoms with Gasteiger partial charge >= 0.3 is 0 Å². The highest BCUT2D eigenvalue weighted by atomic mass is 14.9. The highest BCUT2D eigenvalue weighted by Gasteiger charge is 1.85. The lowest BCUT2D eigenvalue weighted by atomic mass is 10.6. The molecule has 0 fully saturated rings. The van der Waals surface area contributed by atoms with E-state index in [9.17, 15) is 0 Å². The molecule has 0 spiro atoms. The Balaban J connectivity index is 2.95. The molecule has 0 amide bonds. The lowest BCUT2D eigenvalue weighted by molar-refractivity contribution is 1.13. The summed E-state index contributed by atoms with van der Waals surface area (Å²) in [6.45, 7) is 0. The van der Waals surface area contributed by atoms with E-state index in [0.29, 0.717) is 0 Å². The van der Waals surface area contributed by atoms with Crippen LogP contribution in [0.25, 0.3) is 5.65 Å². The first kappa shape index (κ1) is 4.56. The van der Waals surface area contributed by atoms with Gasteiger partial charge in [0.2, 0.25) is 0 Å². The molecule has 0 unspecified atom stereocenters. The Morgan fingerprint density at radius 3 is 3.44 bits per heavy atom. The predicted molar refractivity (Wildman–Crippen MR) is 34.0 cm³/mol. The Bertz CT molecular complexity index is 281. The molecule has 0 aliphatic heterocycles. The zero-order chi connectivity index (χ0) is 6.10. The van der Waals surface area contributed by atoms with Crippen molar-refractivity contribution in [3.8, 4) is 0 Å². The van der Waals surface area contributed by atoms with Crippen molar-refractivity contribution in [2.45, 2.75) is 0 Å². The number of nitrogens with zero attached hydrogens (tertiary/aromatic N) is 2. The summed E-state index contributed by atoms with van der Waals surface area (Å²) in [7, 11) is 0. The van der Waals surface area contributed by atoms with Crippen molar-refractivity contribution in [3.63, 3.8) is 0 Å². The van der Waals surface area contributed by atoms with Gasteiger partial charge < -0.3 is 4.40 Å². The van der Waals surface area contributed by atoms with Crippen LogP contribution in [0, 0.1) is 6.07 Å². The molecule has 0 saturated carbocycles. The number of fused-ring (bicyclic) bond motifs is 1. The van der Waals surface area contributed by atoms with E-state index in [1.54, 1.807) is 6.20 Å². The van der Waals surface area contributed by atoms with Gasteiger partial charge in [-0.25, -0.2) is 4.98 Å². The van der Waals surface area contributed by atoms with Crippen molar-refractivity contribution in [2.75, 3.05) is 0 Å². The summed E-state index contributed by atoms with van der Waals surface area (Å²) in [6, 6.07) is 6.78. The first-order valence-corrected chi connectivity index (χ1v) is 2.75. The predicted octanol–water partition coefficient (Wildman–Crippen LogP) is 1.13. The fourth-order valence-corrected chi connectivity index (χ4v) is 0.820. The van der Waals surface area contributed by atoms with Crippen LogP contribution in [0.2, 0.25) is 0 Å². The zero-order valence-corrected chi connectivity index (χ0v) is 4.78. The maximum absolute atomic E-state index is 4.05. The topological polar surface area (TPSA) is 17.3 Å². The maximum atomic E-state index is 4.05. The first-order valence-electron chi connectivity index (χ1n) is 2.75. The minimum atomic E-state index is 0.966. The van der Waals surface area contributed by atoms with Crippen LogP contribution in [0.4, 0.5) is 0 Å². The van der Waals surface area contributed by atoms with Gasteiger partial charge in [-0.05, 0) is 12.1 Å². The van der Waals surface area contributed by atoms with Gasteiger partial charge in [-0.15, -0.1) is 0 Å². The van der Waals surface area contributed by atoms with Crippen LogP contribution in [0.5, 0.6) is 0 Å². The van der Waals surface area contributed by atoms with Crippen LogP contribution in [-0.4, -0.2) is 9.38 Å². The third-order valence-electron chi connectivity index (χ3n) is 1.24. The lowest BCUT2D eigenvalue weighted by Crippen LogP contribution is -1.81. The fraction of sp³-hybridized carbons (Fsp3) is 0. The Hall–Kier alpha value is -1.31. The molecule has 2 rings (SSSR count). The van der Waals surface area contributed by atoms with Gasteiger partial charge in [-0.3, -0.25) is 0 Å². The number of hydrogen-bond acceptors (Lipinski definition) is 1. The number of aromatic nitrogens is 2. The number of hydrogen-bond donors (Lipinski definition) is 0. The van der Waals surface area contributed by atoms with Crippen LogP contribution in [-0.2, 0) is 0 Å². The van der Waals surface area contributed by atoms with Gasteiger partial charge in [0.05, 0.1) is 0 Å². The molecular formula is C7H5N2. The van der Waals surface area contributed by atoms with Crippen LogP contribution in [0.15, 0.2) is 30.7 Å². The molecule has 2 heteroatoms. The molecule has 2 aromatic heterocycles. The van der Waals surface area contributed by atoms with Crippen LogP contribution < -0.4 is 0 Å². The van der Waals surface area contributed by atoms with E-state index in [1.807, 2.05) is 28.9 Å². The summed E-state index contributed by atoms with van der Waals surface area (Å²) in [5, 5.41) is 0. The SMILES string of the molecule is [c]1cnc2cccn2c1. The zero-order valence-electron chi connectivity index (χ0n) is 4.78. The average molecular weight is 117 g/mol. The normalized spacial score (nSPS) is 10.2. The molecule has 2 heterocycles. The smallest absolute Gasteiger partial charge is 0.136 e. The maximum Gasteiger partial charge on any atom is 0.136 e. The van der Waals surface area contributed by atoms with E-state index >= 15 is 0 Å².